The molecule has 2 N–H and O–H groups in total. The smallest absolute Gasteiger partial charge is 0.307 e. The third kappa shape index (κ3) is 3.32. The van der Waals surface area contributed by atoms with E-state index in [1.165, 1.54) is 19.2 Å². The summed E-state index contributed by atoms with van der Waals surface area (Å²) in [6, 6.07) is 4.09. The molecule has 1 amide bonds. The number of ether oxygens (including phenoxy) is 1. The molecule has 1 fully saturated rings. The van der Waals surface area contributed by atoms with Gasteiger partial charge in [-0.3, -0.25) is 9.59 Å². The zero-order valence-corrected chi connectivity index (χ0v) is 11.9. The van der Waals surface area contributed by atoms with E-state index in [2.05, 4.69) is 5.32 Å². The van der Waals surface area contributed by atoms with Crippen molar-refractivity contribution in [1.82, 2.24) is 0 Å². The van der Waals surface area contributed by atoms with E-state index in [0.29, 0.717) is 18.5 Å². The summed E-state index contributed by atoms with van der Waals surface area (Å²) < 4.78 is 18.4. The highest BCUT2D eigenvalue weighted by Gasteiger charge is 2.41. The van der Waals surface area contributed by atoms with Crippen molar-refractivity contribution in [2.45, 2.75) is 19.8 Å². The average molecular weight is 295 g/mol. The molecule has 0 aliphatic heterocycles. The van der Waals surface area contributed by atoms with Gasteiger partial charge in [0.1, 0.15) is 0 Å². The number of aliphatic carboxylic acids is 1. The number of benzene rings is 1. The third-order valence-corrected chi connectivity index (χ3v) is 3.87. The summed E-state index contributed by atoms with van der Waals surface area (Å²) in [7, 11) is 1.36. The molecule has 0 spiro atoms. The minimum atomic E-state index is -0.958. The molecular formula is C15H18FNO4. The van der Waals surface area contributed by atoms with Crippen LogP contribution in [0.1, 0.15) is 19.8 Å². The van der Waals surface area contributed by atoms with Gasteiger partial charge < -0.3 is 15.2 Å². The molecular weight excluding hydrogens is 277 g/mol. The fraction of sp³-hybridized carbons (Fsp3) is 0.467. The molecule has 0 aromatic heterocycles. The lowest BCUT2D eigenvalue weighted by Crippen LogP contribution is -2.30. The van der Waals surface area contributed by atoms with Gasteiger partial charge in [0, 0.05) is 11.8 Å². The van der Waals surface area contributed by atoms with Crippen molar-refractivity contribution in [3.05, 3.63) is 24.0 Å². The molecule has 6 heteroatoms. The zero-order chi connectivity index (χ0) is 15.6. The Morgan fingerprint density at radius 3 is 2.57 bits per heavy atom. The van der Waals surface area contributed by atoms with Crippen LogP contribution in [0.2, 0.25) is 0 Å². The van der Waals surface area contributed by atoms with Crippen LogP contribution in [0.15, 0.2) is 18.2 Å². The molecule has 1 aromatic carbocycles. The Morgan fingerprint density at radius 1 is 1.33 bits per heavy atom. The fourth-order valence-electron chi connectivity index (χ4n) is 2.83. The molecule has 1 aromatic rings. The summed E-state index contributed by atoms with van der Waals surface area (Å²) in [6.07, 6.45) is 1.02. The first-order valence-corrected chi connectivity index (χ1v) is 6.79. The van der Waals surface area contributed by atoms with E-state index in [9.17, 15) is 19.1 Å². The maximum Gasteiger partial charge on any atom is 0.307 e. The molecule has 114 valence electrons. The molecule has 1 aliphatic carbocycles. The Kier molecular flexibility index (Phi) is 4.45. The van der Waals surface area contributed by atoms with Gasteiger partial charge in [-0.05, 0) is 30.9 Å². The van der Waals surface area contributed by atoms with E-state index in [-0.39, 0.29) is 17.6 Å². The van der Waals surface area contributed by atoms with Crippen molar-refractivity contribution in [2.75, 3.05) is 12.4 Å². The number of carboxylic acid groups (broad SMARTS) is 1. The molecule has 3 unspecified atom stereocenters. The van der Waals surface area contributed by atoms with Crippen LogP contribution in [0.4, 0.5) is 10.1 Å². The number of carbonyl (C=O) groups is 2. The van der Waals surface area contributed by atoms with Crippen LogP contribution in [0, 0.1) is 23.6 Å². The highest BCUT2D eigenvalue weighted by molar-refractivity contribution is 5.95. The molecule has 1 aliphatic rings. The van der Waals surface area contributed by atoms with Crippen molar-refractivity contribution in [1.29, 1.82) is 0 Å². The van der Waals surface area contributed by atoms with E-state index >= 15 is 0 Å². The molecule has 0 saturated heterocycles. The van der Waals surface area contributed by atoms with Crippen LogP contribution in [-0.4, -0.2) is 24.1 Å². The second-order valence-corrected chi connectivity index (χ2v) is 5.47. The molecule has 0 radical (unpaired) electrons. The van der Waals surface area contributed by atoms with Crippen LogP contribution >= 0.6 is 0 Å². The number of amides is 1. The normalized spacial score (nSPS) is 24.6. The Hall–Kier alpha value is -2.11. The van der Waals surface area contributed by atoms with E-state index in [0.717, 1.165) is 6.07 Å². The number of hydrogen-bond donors (Lipinski definition) is 2. The van der Waals surface area contributed by atoms with Crippen molar-refractivity contribution >= 4 is 17.6 Å². The summed E-state index contributed by atoms with van der Waals surface area (Å²) in [5.74, 6) is -2.90. The largest absolute Gasteiger partial charge is 0.494 e. The Bertz CT molecular complexity index is 561. The molecule has 21 heavy (non-hydrogen) atoms. The van der Waals surface area contributed by atoms with Crippen molar-refractivity contribution in [3.63, 3.8) is 0 Å². The van der Waals surface area contributed by atoms with Crippen LogP contribution in [-0.2, 0) is 9.59 Å². The van der Waals surface area contributed by atoms with Crippen molar-refractivity contribution in [2.24, 2.45) is 17.8 Å². The highest BCUT2D eigenvalue weighted by Crippen LogP contribution is 2.37. The predicted molar refractivity (Wildman–Crippen MR) is 74.6 cm³/mol. The molecule has 3 atom stereocenters. The van der Waals surface area contributed by atoms with E-state index in [1.54, 1.807) is 0 Å². The van der Waals surface area contributed by atoms with Gasteiger partial charge in [0.05, 0.1) is 18.9 Å². The van der Waals surface area contributed by atoms with Crippen LogP contribution in [0.3, 0.4) is 0 Å². The van der Waals surface area contributed by atoms with Gasteiger partial charge in [0.15, 0.2) is 11.6 Å². The molecule has 1 saturated carbocycles. The zero-order valence-electron chi connectivity index (χ0n) is 11.9. The number of methoxy groups -OCH3 is 1. The maximum atomic E-state index is 13.6. The Morgan fingerprint density at radius 2 is 2.00 bits per heavy atom. The molecule has 2 rings (SSSR count). The second kappa shape index (κ2) is 6.11. The maximum absolute atomic E-state index is 13.6. The molecule has 5 nitrogen and oxygen atoms in total. The standard InChI is InChI=1S/C15H18FNO4/c1-8-5-10(11(6-8)15(19)20)14(18)17-9-3-4-13(21-2)12(16)7-9/h3-4,7-8,10-11H,5-6H2,1-2H3,(H,17,18)(H,19,20). The van der Waals surface area contributed by atoms with Gasteiger partial charge in [-0.2, -0.15) is 0 Å². The summed E-state index contributed by atoms with van der Waals surface area (Å²) in [6.45, 7) is 1.93. The number of nitrogens with one attached hydrogen (secondary N) is 1. The minimum Gasteiger partial charge on any atom is -0.494 e. The summed E-state index contributed by atoms with van der Waals surface area (Å²) >= 11 is 0. The average Bonchev–Trinajstić information content (AvgIpc) is 2.81. The van der Waals surface area contributed by atoms with Crippen LogP contribution in [0.5, 0.6) is 5.75 Å². The number of halogens is 1. The highest BCUT2D eigenvalue weighted by atomic mass is 19.1. The fourth-order valence-corrected chi connectivity index (χ4v) is 2.83. The number of rotatable bonds is 4. The number of carbonyl (C=O) groups excluding carboxylic acids is 1. The van der Waals surface area contributed by atoms with Gasteiger partial charge in [-0.15, -0.1) is 0 Å². The number of hydrogen-bond acceptors (Lipinski definition) is 3. The first kappa shape index (κ1) is 15.3. The third-order valence-electron chi connectivity index (χ3n) is 3.87. The summed E-state index contributed by atoms with van der Waals surface area (Å²) in [5.41, 5.74) is 0.294. The van der Waals surface area contributed by atoms with Crippen LogP contribution < -0.4 is 10.1 Å². The predicted octanol–water partition coefficient (Wildman–Crippen LogP) is 2.52. The lowest BCUT2D eigenvalue weighted by Gasteiger charge is -2.15. The van der Waals surface area contributed by atoms with Gasteiger partial charge >= 0.3 is 5.97 Å². The van der Waals surface area contributed by atoms with E-state index in [4.69, 9.17) is 4.74 Å². The second-order valence-electron chi connectivity index (χ2n) is 5.47. The van der Waals surface area contributed by atoms with Gasteiger partial charge in [0.25, 0.3) is 0 Å². The Balaban J connectivity index is 2.10. The minimum absolute atomic E-state index is 0.0888. The summed E-state index contributed by atoms with van der Waals surface area (Å²) in [4.78, 5) is 23.4. The topological polar surface area (TPSA) is 75.6 Å². The van der Waals surface area contributed by atoms with Crippen molar-refractivity contribution < 1.29 is 23.8 Å². The number of anilines is 1. The van der Waals surface area contributed by atoms with Crippen molar-refractivity contribution in [3.8, 4) is 5.75 Å². The quantitative estimate of drug-likeness (QED) is 0.895. The van der Waals surface area contributed by atoms with Gasteiger partial charge in [-0.1, -0.05) is 6.92 Å². The Labute approximate surface area is 122 Å². The van der Waals surface area contributed by atoms with Gasteiger partial charge in [0.2, 0.25) is 5.91 Å². The monoisotopic (exact) mass is 295 g/mol. The lowest BCUT2D eigenvalue weighted by molar-refractivity contribution is -0.145. The first-order chi connectivity index (χ1) is 9.92. The molecule has 0 heterocycles. The first-order valence-electron chi connectivity index (χ1n) is 6.79. The lowest BCUT2D eigenvalue weighted by atomic mass is 9.95. The van der Waals surface area contributed by atoms with E-state index in [1.807, 2.05) is 6.92 Å². The molecule has 0 bridgehead atoms. The van der Waals surface area contributed by atoms with Gasteiger partial charge in [-0.25, -0.2) is 4.39 Å². The number of carboxylic acids is 1. The van der Waals surface area contributed by atoms with Crippen LogP contribution in [0.25, 0.3) is 0 Å². The van der Waals surface area contributed by atoms with E-state index < -0.39 is 23.6 Å². The summed E-state index contributed by atoms with van der Waals surface area (Å²) in [5, 5.41) is 11.8. The SMILES string of the molecule is COc1ccc(NC(=O)C2CC(C)CC2C(=O)O)cc1F.